The third-order valence-electron chi connectivity index (χ3n) is 4.26. The van der Waals surface area contributed by atoms with Gasteiger partial charge in [-0.3, -0.25) is 4.79 Å². The maximum Gasteiger partial charge on any atom is 0.185 e. The van der Waals surface area contributed by atoms with Crippen LogP contribution in [0.25, 0.3) is 21.8 Å². The molecule has 0 radical (unpaired) electrons. The summed E-state index contributed by atoms with van der Waals surface area (Å²) < 4.78 is 2.45. The molecule has 1 aromatic heterocycles. The predicted molar refractivity (Wildman–Crippen MR) is 101 cm³/mol. The Morgan fingerprint density at radius 1 is 0.957 bits per heavy atom. The van der Waals surface area contributed by atoms with Gasteiger partial charge >= 0.3 is 0 Å². The minimum absolute atomic E-state index is 0.216. The molecule has 0 N–H and O–H groups in total. The summed E-state index contributed by atoms with van der Waals surface area (Å²) in [5.41, 5.74) is 5.24. The van der Waals surface area contributed by atoms with E-state index in [1.807, 2.05) is 0 Å². The van der Waals surface area contributed by atoms with Gasteiger partial charge in [0.1, 0.15) is 0 Å². The maximum absolute atomic E-state index is 11.0. The maximum atomic E-state index is 11.0. The molecule has 0 fully saturated rings. The standard InChI is InChI=1S/C20H23NOS/c1-14-6-8-17-18-9-7-15(2)13-20(18)21(19(17)12-14)10-4-5-11-23-16(3)22/h6-9,12-13H,4-5,10-11H2,1-3H3. The molecule has 0 spiro atoms. The van der Waals surface area contributed by atoms with E-state index in [0.717, 1.165) is 25.1 Å². The number of benzene rings is 2. The molecular formula is C20H23NOS. The molecule has 0 aliphatic carbocycles. The quantitative estimate of drug-likeness (QED) is 0.580. The summed E-state index contributed by atoms with van der Waals surface area (Å²) in [6.45, 7) is 6.95. The van der Waals surface area contributed by atoms with Crippen LogP contribution in [0.2, 0.25) is 0 Å². The highest BCUT2D eigenvalue weighted by atomic mass is 32.2. The molecule has 120 valence electrons. The Morgan fingerprint density at radius 3 is 2.04 bits per heavy atom. The number of rotatable bonds is 5. The van der Waals surface area contributed by atoms with E-state index in [4.69, 9.17) is 0 Å². The topological polar surface area (TPSA) is 22.0 Å². The van der Waals surface area contributed by atoms with Crippen molar-refractivity contribution in [3.8, 4) is 0 Å². The van der Waals surface area contributed by atoms with E-state index in [2.05, 4.69) is 54.8 Å². The van der Waals surface area contributed by atoms with E-state index < -0.39 is 0 Å². The number of hydrogen-bond acceptors (Lipinski definition) is 2. The average molecular weight is 325 g/mol. The van der Waals surface area contributed by atoms with E-state index >= 15 is 0 Å². The molecule has 0 saturated carbocycles. The average Bonchev–Trinajstić information content (AvgIpc) is 2.79. The normalized spacial score (nSPS) is 11.4. The van der Waals surface area contributed by atoms with Crippen molar-refractivity contribution >= 4 is 38.7 Å². The van der Waals surface area contributed by atoms with E-state index in [0.29, 0.717) is 0 Å². The Kier molecular flexibility index (Phi) is 4.76. The van der Waals surface area contributed by atoms with Gasteiger partial charge in [-0.1, -0.05) is 36.0 Å². The lowest BCUT2D eigenvalue weighted by atomic mass is 10.1. The van der Waals surface area contributed by atoms with E-state index in [1.54, 1.807) is 6.92 Å². The van der Waals surface area contributed by atoms with Gasteiger partial charge in [-0.25, -0.2) is 0 Å². The fraction of sp³-hybridized carbons (Fsp3) is 0.350. The van der Waals surface area contributed by atoms with Crippen molar-refractivity contribution in [2.75, 3.05) is 5.75 Å². The summed E-state index contributed by atoms with van der Waals surface area (Å²) in [7, 11) is 0. The van der Waals surface area contributed by atoms with Crippen molar-refractivity contribution < 1.29 is 4.79 Å². The molecule has 3 heteroatoms. The first kappa shape index (κ1) is 16.1. The van der Waals surface area contributed by atoms with Crippen LogP contribution in [0.3, 0.4) is 0 Å². The number of aryl methyl sites for hydroxylation is 3. The van der Waals surface area contributed by atoms with Crippen LogP contribution in [-0.4, -0.2) is 15.4 Å². The van der Waals surface area contributed by atoms with Gasteiger partial charge < -0.3 is 4.57 Å². The van der Waals surface area contributed by atoms with Crippen molar-refractivity contribution in [3.05, 3.63) is 47.5 Å². The number of fused-ring (bicyclic) bond motifs is 3. The van der Waals surface area contributed by atoms with Crippen LogP contribution in [0.1, 0.15) is 30.9 Å². The van der Waals surface area contributed by atoms with Crippen LogP contribution in [0.4, 0.5) is 0 Å². The molecule has 23 heavy (non-hydrogen) atoms. The van der Waals surface area contributed by atoms with E-state index in [-0.39, 0.29) is 5.12 Å². The molecule has 0 unspecified atom stereocenters. The molecule has 3 rings (SSSR count). The Hall–Kier alpha value is -1.74. The zero-order chi connectivity index (χ0) is 16.4. The molecule has 0 atom stereocenters. The first-order valence-electron chi connectivity index (χ1n) is 8.19. The third kappa shape index (κ3) is 3.45. The first-order chi connectivity index (χ1) is 11.1. The van der Waals surface area contributed by atoms with Crippen LogP contribution in [-0.2, 0) is 11.3 Å². The second kappa shape index (κ2) is 6.79. The van der Waals surface area contributed by atoms with Gasteiger partial charge in [0.25, 0.3) is 0 Å². The lowest BCUT2D eigenvalue weighted by Gasteiger charge is -2.08. The lowest BCUT2D eigenvalue weighted by Crippen LogP contribution is -1.99. The van der Waals surface area contributed by atoms with Crippen LogP contribution in [0.5, 0.6) is 0 Å². The predicted octanol–water partition coefficient (Wildman–Crippen LogP) is 5.47. The second-order valence-electron chi connectivity index (χ2n) is 6.24. The highest BCUT2D eigenvalue weighted by Crippen LogP contribution is 2.30. The highest BCUT2D eigenvalue weighted by molar-refractivity contribution is 8.13. The molecule has 0 saturated heterocycles. The van der Waals surface area contributed by atoms with Crippen molar-refractivity contribution in [1.82, 2.24) is 4.57 Å². The number of carbonyl (C=O) groups excluding carboxylic acids is 1. The van der Waals surface area contributed by atoms with Gasteiger partial charge in [0.05, 0.1) is 0 Å². The highest BCUT2D eigenvalue weighted by Gasteiger charge is 2.10. The molecule has 3 aromatic rings. The minimum atomic E-state index is 0.216. The van der Waals surface area contributed by atoms with Crippen LogP contribution in [0, 0.1) is 13.8 Å². The van der Waals surface area contributed by atoms with Gasteiger partial charge in [0.15, 0.2) is 5.12 Å². The fourth-order valence-electron chi connectivity index (χ4n) is 3.14. The smallest absolute Gasteiger partial charge is 0.185 e. The molecule has 0 bridgehead atoms. The third-order valence-corrected chi connectivity index (χ3v) is 5.16. The first-order valence-corrected chi connectivity index (χ1v) is 9.17. The fourth-order valence-corrected chi connectivity index (χ4v) is 3.78. The number of carbonyl (C=O) groups is 1. The van der Waals surface area contributed by atoms with Crippen LogP contribution >= 0.6 is 11.8 Å². The van der Waals surface area contributed by atoms with Crippen LogP contribution < -0.4 is 0 Å². The van der Waals surface area contributed by atoms with E-state index in [9.17, 15) is 4.79 Å². The van der Waals surface area contributed by atoms with Crippen molar-refractivity contribution in [3.63, 3.8) is 0 Å². The van der Waals surface area contributed by atoms with Gasteiger partial charge in [-0.05, 0) is 49.9 Å². The molecule has 1 heterocycles. The van der Waals surface area contributed by atoms with Crippen molar-refractivity contribution in [2.24, 2.45) is 0 Å². The number of aromatic nitrogens is 1. The number of hydrogen-bond donors (Lipinski definition) is 0. The number of nitrogens with zero attached hydrogens (tertiary/aromatic N) is 1. The van der Waals surface area contributed by atoms with Gasteiger partial charge in [0.2, 0.25) is 0 Å². The molecular weight excluding hydrogens is 302 g/mol. The summed E-state index contributed by atoms with van der Waals surface area (Å²) in [6, 6.07) is 13.4. The minimum Gasteiger partial charge on any atom is -0.340 e. The molecule has 0 aliphatic heterocycles. The summed E-state index contributed by atoms with van der Waals surface area (Å²) in [4.78, 5) is 11.0. The summed E-state index contributed by atoms with van der Waals surface area (Å²) in [5.74, 6) is 0.921. The number of unbranched alkanes of at least 4 members (excludes halogenated alkanes) is 1. The Morgan fingerprint density at radius 2 is 1.52 bits per heavy atom. The monoisotopic (exact) mass is 325 g/mol. The molecule has 2 aromatic carbocycles. The molecule has 0 amide bonds. The van der Waals surface area contributed by atoms with Crippen molar-refractivity contribution in [2.45, 2.75) is 40.2 Å². The zero-order valence-corrected chi connectivity index (χ0v) is 14.9. The largest absolute Gasteiger partial charge is 0.340 e. The Labute approximate surface area is 141 Å². The molecule has 0 aliphatic rings. The zero-order valence-electron chi connectivity index (χ0n) is 14.1. The van der Waals surface area contributed by atoms with Crippen molar-refractivity contribution in [1.29, 1.82) is 0 Å². The lowest BCUT2D eigenvalue weighted by molar-refractivity contribution is -0.109. The Balaban J connectivity index is 1.94. The summed E-state index contributed by atoms with van der Waals surface area (Å²) in [5, 5.41) is 2.89. The SMILES string of the molecule is CC(=O)SCCCCn1c2cc(C)ccc2c2ccc(C)cc21. The Bertz CT molecular complexity index is 804. The second-order valence-corrected chi connectivity index (χ2v) is 7.51. The van der Waals surface area contributed by atoms with Gasteiger partial charge in [-0.2, -0.15) is 0 Å². The van der Waals surface area contributed by atoms with Crippen LogP contribution in [0.15, 0.2) is 36.4 Å². The summed E-state index contributed by atoms with van der Waals surface area (Å²) >= 11 is 1.43. The number of thioether (sulfide) groups is 1. The summed E-state index contributed by atoms with van der Waals surface area (Å²) in [6.07, 6.45) is 2.17. The van der Waals surface area contributed by atoms with Gasteiger partial charge in [-0.15, -0.1) is 0 Å². The van der Waals surface area contributed by atoms with Gasteiger partial charge in [0, 0.05) is 41.0 Å². The molecule has 2 nitrogen and oxygen atoms in total. The van der Waals surface area contributed by atoms with E-state index in [1.165, 1.54) is 44.7 Å².